The Balaban J connectivity index is 1.65. The molecule has 4 saturated carbocycles. The van der Waals surface area contributed by atoms with Crippen molar-refractivity contribution in [1.29, 1.82) is 0 Å². The van der Waals surface area contributed by atoms with Crippen LogP contribution < -0.4 is 5.32 Å². The second kappa shape index (κ2) is 3.96. The lowest BCUT2D eigenvalue weighted by atomic mass is 9.53. The Morgan fingerprint density at radius 3 is 2.07 bits per heavy atom. The number of thioether (sulfide) groups is 1. The van der Waals surface area contributed by atoms with Crippen LogP contribution in [-0.4, -0.2) is 24.1 Å². The molecule has 0 aliphatic heterocycles. The Labute approximate surface area is 97.8 Å². The Kier molecular flexibility index (Phi) is 2.76. The molecule has 15 heavy (non-hydrogen) atoms. The summed E-state index contributed by atoms with van der Waals surface area (Å²) in [6.07, 6.45) is 11.4. The van der Waals surface area contributed by atoms with Crippen molar-refractivity contribution in [2.75, 3.05) is 18.6 Å². The van der Waals surface area contributed by atoms with E-state index in [2.05, 4.69) is 11.6 Å². The lowest BCUT2D eigenvalue weighted by molar-refractivity contribution is -0.0185. The molecule has 4 aliphatic rings. The quantitative estimate of drug-likeness (QED) is 0.738. The van der Waals surface area contributed by atoms with Gasteiger partial charge < -0.3 is 5.32 Å². The Hall–Kier alpha value is 0.310. The fourth-order valence-electron chi connectivity index (χ4n) is 4.75. The van der Waals surface area contributed by atoms with Crippen molar-refractivity contribution in [2.45, 2.75) is 44.1 Å². The van der Waals surface area contributed by atoms with E-state index in [0.29, 0.717) is 5.54 Å². The first kappa shape index (κ1) is 10.5. The summed E-state index contributed by atoms with van der Waals surface area (Å²) in [7, 11) is 0. The minimum atomic E-state index is 0.588. The van der Waals surface area contributed by atoms with Gasteiger partial charge in [0.2, 0.25) is 0 Å². The Bertz CT molecular complexity index is 203. The number of rotatable bonds is 4. The molecule has 1 nitrogen and oxygen atoms in total. The SMILES string of the molecule is CSCCNC12CC3CC(CC(C3)C1)C2. The van der Waals surface area contributed by atoms with Crippen LogP contribution in [0.1, 0.15) is 38.5 Å². The first-order chi connectivity index (χ1) is 7.30. The van der Waals surface area contributed by atoms with Crippen LogP contribution in [-0.2, 0) is 0 Å². The zero-order valence-electron chi connectivity index (χ0n) is 9.80. The van der Waals surface area contributed by atoms with E-state index in [4.69, 9.17) is 0 Å². The van der Waals surface area contributed by atoms with Gasteiger partial charge in [0.1, 0.15) is 0 Å². The fourth-order valence-corrected chi connectivity index (χ4v) is 5.05. The van der Waals surface area contributed by atoms with E-state index in [-0.39, 0.29) is 0 Å². The van der Waals surface area contributed by atoms with Crippen LogP contribution in [0.4, 0.5) is 0 Å². The van der Waals surface area contributed by atoms with Crippen LogP contribution in [0.25, 0.3) is 0 Å². The summed E-state index contributed by atoms with van der Waals surface area (Å²) in [6.45, 7) is 1.23. The average molecular weight is 225 g/mol. The van der Waals surface area contributed by atoms with Crippen LogP contribution >= 0.6 is 11.8 Å². The van der Waals surface area contributed by atoms with Crippen molar-refractivity contribution in [2.24, 2.45) is 17.8 Å². The molecular formula is C13H23NS. The third-order valence-corrected chi connectivity index (χ3v) is 5.46. The van der Waals surface area contributed by atoms with Crippen molar-refractivity contribution in [3.05, 3.63) is 0 Å². The second-order valence-corrected chi connectivity index (χ2v) is 7.10. The highest BCUT2D eigenvalue weighted by Gasteiger charge is 2.50. The van der Waals surface area contributed by atoms with Crippen molar-refractivity contribution in [1.82, 2.24) is 5.32 Å². The molecule has 4 fully saturated rings. The minimum absolute atomic E-state index is 0.588. The summed E-state index contributed by atoms with van der Waals surface area (Å²) in [5.74, 6) is 4.52. The van der Waals surface area contributed by atoms with Gasteiger partial charge in [0, 0.05) is 17.8 Å². The zero-order chi connectivity index (χ0) is 10.3. The summed E-state index contributed by atoms with van der Waals surface area (Å²) in [5, 5.41) is 3.91. The van der Waals surface area contributed by atoms with Gasteiger partial charge in [-0.05, 0) is 62.5 Å². The number of hydrogen-bond donors (Lipinski definition) is 1. The average Bonchev–Trinajstić information content (AvgIpc) is 2.15. The zero-order valence-corrected chi connectivity index (χ0v) is 10.6. The highest BCUT2D eigenvalue weighted by molar-refractivity contribution is 7.98. The summed E-state index contributed by atoms with van der Waals surface area (Å²) in [6, 6.07) is 0. The van der Waals surface area contributed by atoms with Crippen molar-refractivity contribution in [3.8, 4) is 0 Å². The molecule has 0 heterocycles. The van der Waals surface area contributed by atoms with E-state index >= 15 is 0 Å². The fraction of sp³-hybridized carbons (Fsp3) is 1.00. The third-order valence-electron chi connectivity index (χ3n) is 4.84. The molecule has 4 rings (SSSR count). The van der Waals surface area contributed by atoms with Gasteiger partial charge in [-0.25, -0.2) is 0 Å². The van der Waals surface area contributed by atoms with E-state index in [1.807, 2.05) is 11.8 Å². The van der Waals surface area contributed by atoms with E-state index in [0.717, 1.165) is 17.8 Å². The first-order valence-electron chi connectivity index (χ1n) is 6.54. The van der Waals surface area contributed by atoms with Gasteiger partial charge in [0.25, 0.3) is 0 Å². The normalized spacial score (nSPS) is 47.4. The third kappa shape index (κ3) is 1.95. The predicted molar refractivity (Wildman–Crippen MR) is 67.3 cm³/mol. The summed E-state index contributed by atoms with van der Waals surface area (Å²) in [5.41, 5.74) is 0.588. The number of hydrogen-bond acceptors (Lipinski definition) is 2. The van der Waals surface area contributed by atoms with Crippen LogP contribution in [0.15, 0.2) is 0 Å². The monoisotopic (exact) mass is 225 g/mol. The van der Waals surface area contributed by atoms with Crippen LogP contribution in [0.5, 0.6) is 0 Å². The predicted octanol–water partition coefficient (Wildman–Crippen LogP) is 2.91. The van der Waals surface area contributed by atoms with Crippen molar-refractivity contribution >= 4 is 11.8 Å². The van der Waals surface area contributed by atoms with Crippen LogP contribution in [0.2, 0.25) is 0 Å². The van der Waals surface area contributed by atoms with Gasteiger partial charge in [0.15, 0.2) is 0 Å². The molecule has 0 spiro atoms. The van der Waals surface area contributed by atoms with E-state index in [9.17, 15) is 0 Å². The molecule has 0 radical (unpaired) electrons. The highest BCUT2D eigenvalue weighted by Crippen LogP contribution is 2.55. The molecule has 0 aromatic heterocycles. The van der Waals surface area contributed by atoms with Gasteiger partial charge in [-0.2, -0.15) is 11.8 Å². The van der Waals surface area contributed by atoms with Crippen molar-refractivity contribution < 1.29 is 0 Å². The molecule has 2 heteroatoms. The Morgan fingerprint density at radius 2 is 1.60 bits per heavy atom. The van der Waals surface area contributed by atoms with Gasteiger partial charge in [0.05, 0.1) is 0 Å². The van der Waals surface area contributed by atoms with E-state index < -0.39 is 0 Å². The lowest BCUT2D eigenvalue weighted by Crippen LogP contribution is -2.58. The first-order valence-corrected chi connectivity index (χ1v) is 7.93. The number of nitrogens with one attached hydrogen (secondary N) is 1. The standard InChI is InChI=1S/C13H23NS/c1-15-3-2-14-13-7-10-4-11(8-13)6-12(5-10)9-13/h10-12,14H,2-9H2,1H3. The summed E-state index contributed by atoms with van der Waals surface area (Å²) >= 11 is 1.97. The summed E-state index contributed by atoms with van der Waals surface area (Å²) < 4.78 is 0. The molecule has 0 saturated heterocycles. The van der Waals surface area contributed by atoms with Crippen LogP contribution in [0, 0.1) is 17.8 Å². The van der Waals surface area contributed by atoms with E-state index in [1.165, 1.54) is 31.6 Å². The maximum atomic E-state index is 3.91. The topological polar surface area (TPSA) is 12.0 Å². The molecule has 0 aromatic rings. The largest absolute Gasteiger partial charge is 0.310 e. The van der Waals surface area contributed by atoms with Gasteiger partial charge in [-0.1, -0.05) is 0 Å². The molecule has 4 bridgehead atoms. The van der Waals surface area contributed by atoms with Gasteiger partial charge >= 0.3 is 0 Å². The maximum absolute atomic E-state index is 3.91. The second-order valence-electron chi connectivity index (χ2n) is 6.12. The lowest BCUT2D eigenvalue weighted by Gasteiger charge is -2.57. The van der Waals surface area contributed by atoms with Crippen LogP contribution in [0.3, 0.4) is 0 Å². The Morgan fingerprint density at radius 1 is 1.07 bits per heavy atom. The molecular weight excluding hydrogens is 202 g/mol. The maximum Gasteiger partial charge on any atom is 0.0189 e. The van der Waals surface area contributed by atoms with Crippen molar-refractivity contribution in [3.63, 3.8) is 0 Å². The highest BCUT2D eigenvalue weighted by atomic mass is 32.2. The molecule has 4 aliphatic carbocycles. The molecule has 0 aromatic carbocycles. The minimum Gasteiger partial charge on any atom is -0.310 e. The smallest absolute Gasteiger partial charge is 0.0189 e. The molecule has 1 N–H and O–H groups in total. The van der Waals surface area contributed by atoms with E-state index in [1.54, 1.807) is 19.3 Å². The van der Waals surface area contributed by atoms with Gasteiger partial charge in [-0.3, -0.25) is 0 Å². The summed E-state index contributed by atoms with van der Waals surface area (Å²) in [4.78, 5) is 0. The van der Waals surface area contributed by atoms with Gasteiger partial charge in [-0.15, -0.1) is 0 Å². The molecule has 0 amide bonds. The molecule has 86 valence electrons. The molecule has 0 unspecified atom stereocenters. The molecule has 0 atom stereocenters.